The van der Waals surface area contributed by atoms with Crippen molar-refractivity contribution in [2.24, 2.45) is 0 Å². The van der Waals surface area contributed by atoms with E-state index in [1.165, 1.54) is 5.56 Å². The third kappa shape index (κ3) is 4.00. The van der Waals surface area contributed by atoms with Crippen molar-refractivity contribution in [1.82, 2.24) is 19.7 Å². The summed E-state index contributed by atoms with van der Waals surface area (Å²) >= 11 is 0. The third-order valence-electron chi connectivity index (χ3n) is 5.87. The van der Waals surface area contributed by atoms with E-state index < -0.39 is 0 Å². The van der Waals surface area contributed by atoms with Gasteiger partial charge in [-0.1, -0.05) is 6.07 Å². The van der Waals surface area contributed by atoms with Crippen molar-refractivity contribution in [3.8, 4) is 5.75 Å². The van der Waals surface area contributed by atoms with Crippen LogP contribution in [0, 0.1) is 0 Å². The zero-order chi connectivity index (χ0) is 18.7. The van der Waals surface area contributed by atoms with Gasteiger partial charge in [-0.15, -0.1) is 0 Å². The molecule has 2 saturated heterocycles. The lowest BCUT2D eigenvalue weighted by atomic mass is 9.82. The molecule has 7 heteroatoms. The summed E-state index contributed by atoms with van der Waals surface area (Å²) in [5, 5.41) is 14.6. The van der Waals surface area contributed by atoms with E-state index in [0.29, 0.717) is 6.54 Å². The van der Waals surface area contributed by atoms with Crippen LogP contribution < -0.4 is 4.74 Å². The van der Waals surface area contributed by atoms with Gasteiger partial charge in [-0.05, 0) is 43.4 Å². The fourth-order valence-electron chi connectivity index (χ4n) is 4.28. The lowest BCUT2D eigenvalue weighted by Gasteiger charge is -2.46. The van der Waals surface area contributed by atoms with Crippen LogP contribution in [0.3, 0.4) is 0 Å². The summed E-state index contributed by atoms with van der Waals surface area (Å²) in [6.07, 6.45) is 6.57. The van der Waals surface area contributed by atoms with Gasteiger partial charge in [-0.25, -0.2) is 9.67 Å². The maximum Gasteiger partial charge on any atom is 0.137 e. The number of benzene rings is 1. The van der Waals surface area contributed by atoms with Crippen LogP contribution in [0.4, 0.5) is 0 Å². The molecule has 2 aromatic rings. The van der Waals surface area contributed by atoms with Gasteiger partial charge in [0, 0.05) is 31.8 Å². The van der Waals surface area contributed by atoms with Crippen LogP contribution in [-0.2, 0) is 17.8 Å². The number of aliphatic hydroxyl groups is 1. The Labute approximate surface area is 159 Å². The molecule has 0 bridgehead atoms. The molecule has 146 valence electrons. The number of likely N-dealkylation sites (tertiary alicyclic amines) is 1. The number of aliphatic hydroxyl groups excluding tert-OH is 1. The molecule has 0 amide bonds. The normalized spacial score (nSPS) is 22.8. The average Bonchev–Trinajstić information content (AvgIpc) is 3.19. The summed E-state index contributed by atoms with van der Waals surface area (Å²) in [5.74, 6) is 0.866. The fraction of sp³-hybridized carbons (Fsp3) is 0.600. The van der Waals surface area contributed by atoms with Gasteiger partial charge in [-0.2, -0.15) is 5.10 Å². The summed E-state index contributed by atoms with van der Waals surface area (Å²) in [6, 6.07) is 6.35. The van der Waals surface area contributed by atoms with Crippen LogP contribution in [-0.4, -0.2) is 63.3 Å². The number of aromatic nitrogens is 3. The number of hydrogen-bond donors (Lipinski definition) is 1. The predicted octanol–water partition coefficient (Wildman–Crippen LogP) is 1.84. The largest absolute Gasteiger partial charge is 0.496 e. The minimum Gasteiger partial charge on any atom is -0.496 e. The first-order chi connectivity index (χ1) is 13.2. The summed E-state index contributed by atoms with van der Waals surface area (Å²) < 4.78 is 13.3. The topological polar surface area (TPSA) is 72.6 Å². The molecule has 1 spiro atoms. The molecule has 3 heterocycles. The van der Waals surface area contributed by atoms with Gasteiger partial charge in [-0.3, -0.25) is 4.90 Å². The Bertz CT molecular complexity index is 742. The highest BCUT2D eigenvalue weighted by molar-refractivity contribution is 5.37. The Balaban J connectivity index is 1.41. The van der Waals surface area contributed by atoms with Crippen molar-refractivity contribution in [2.75, 3.05) is 26.8 Å². The second-order valence-electron chi connectivity index (χ2n) is 7.59. The average molecular weight is 372 g/mol. The maximum atomic E-state index is 10.4. The second-order valence-corrected chi connectivity index (χ2v) is 7.59. The Morgan fingerprint density at radius 2 is 2.15 bits per heavy atom. The second kappa shape index (κ2) is 7.96. The first-order valence-electron chi connectivity index (χ1n) is 9.71. The number of nitrogens with zero attached hydrogens (tertiary/aromatic N) is 4. The Hall–Kier alpha value is -1.96. The highest BCUT2D eigenvalue weighted by Crippen LogP contribution is 2.35. The van der Waals surface area contributed by atoms with Gasteiger partial charge < -0.3 is 14.6 Å². The molecular weight excluding hydrogens is 344 g/mol. The number of ether oxygens (including phenoxy) is 2. The molecule has 4 rings (SSSR count). The number of hydrogen-bond acceptors (Lipinski definition) is 6. The van der Waals surface area contributed by atoms with Crippen LogP contribution in [0.1, 0.15) is 36.8 Å². The van der Waals surface area contributed by atoms with E-state index >= 15 is 0 Å². The molecule has 0 radical (unpaired) electrons. The Morgan fingerprint density at radius 3 is 2.85 bits per heavy atom. The quantitative estimate of drug-likeness (QED) is 0.863. The van der Waals surface area contributed by atoms with Crippen LogP contribution in [0.15, 0.2) is 30.9 Å². The minimum absolute atomic E-state index is 0.313. The Morgan fingerprint density at radius 1 is 1.30 bits per heavy atom. The molecular formula is C20H28N4O3. The first kappa shape index (κ1) is 18.4. The molecule has 1 aromatic heterocycles. The van der Waals surface area contributed by atoms with Crippen LogP contribution in [0.25, 0.3) is 0 Å². The van der Waals surface area contributed by atoms with Crippen LogP contribution in [0.5, 0.6) is 5.75 Å². The maximum absolute atomic E-state index is 10.4. The van der Waals surface area contributed by atoms with Crippen molar-refractivity contribution in [3.63, 3.8) is 0 Å². The van der Waals surface area contributed by atoms with Crippen molar-refractivity contribution in [2.45, 2.75) is 50.5 Å². The molecule has 27 heavy (non-hydrogen) atoms. The first-order valence-corrected chi connectivity index (χ1v) is 9.71. The van der Waals surface area contributed by atoms with Crippen molar-refractivity contribution < 1.29 is 14.6 Å². The predicted molar refractivity (Wildman–Crippen MR) is 101 cm³/mol. The van der Waals surface area contributed by atoms with Gasteiger partial charge in [0.15, 0.2) is 0 Å². The number of rotatable bonds is 5. The summed E-state index contributed by atoms with van der Waals surface area (Å²) in [4.78, 5) is 6.45. The van der Waals surface area contributed by atoms with Crippen LogP contribution in [0.2, 0.25) is 0 Å². The van der Waals surface area contributed by atoms with Gasteiger partial charge in [0.1, 0.15) is 18.4 Å². The van der Waals surface area contributed by atoms with Gasteiger partial charge in [0.2, 0.25) is 0 Å². The molecule has 1 N–H and O–H groups in total. The van der Waals surface area contributed by atoms with Crippen LogP contribution >= 0.6 is 0 Å². The zero-order valence-corrected chi connectivity index (χ0v) is 15.9. The van der Waals surface area contributed by atoms with E-state index in [9.17, 15) is 5.11 Å². The van der Waals surface area contributed by atoms with E-state index in [2.05, 4.69) is 27.1 Å². The molecule has 2 fully saturated rings. The zero-order valence-electron chi connectivity index (χ0n) is 15.9. The summed E-state index contributed by atoms with van der Waals surface area (Å²) in [6.45, 7) is 4.20. The number of methoxy groups -OCH3 is 1. The Kier molecular flexibility index (Phi) is 5.43. The standard InChI is InChI=1S/C20H28N4O3/c1-26-18-5-4-16(11-17(18)13-24-15-21-14-22-24)12-23-8-6-20(7-9-23)19(25)3-2-10-27-20/h4-5,11,14-15,19,25H,2-3,6-10,12-13H2,1H3/t19-/m1/s1. The lowest BCUT2D eigenvalue weighted by Crippen LogP contribution is -2.55. The molecule has 2 aliphatic rings. The van der Waals surface area contributed by atoms with Gasteiger partial charge in [0.25, 0.3) is 0 Å². The molecule has 7 nitrogen and oxygen atoms in total. The van der Waals surface area contributed by atoms with E-state index in [1.54, 1.807) is 24.4 Å². The summed E-state index contributed by atoms with van der Waals surface area (Å²) in [7, 11) is 1.69. The molecule has 2 aliphatic heterocycles. The minimum atomic E-state index is -0.316. The van der Waals surface area contributed by atoms with E-state index in [4.69, 9.17) is 9.47 Å². The summed E-state index contributed by atoms with van der Waals surface area (Å²) in [5.41, 5.74) is 2.04. The van der Waals surface area contributed by atoms with Crippen molar-refractivity contribution in [3.05, 3.63) is 42.0 Å². The van der Waals surface area contributed by atoms with Crippen molar-refractivity contribution in [1.29, 1.82) is 0 Å². The van der Waals surface area contributed by atoms with Crippen molar-refractivity contribution >= 4 is 0 Å². The van der Waals surface area contributed by atoms with Gasteiger partial charge in [0.05, 0.1) is 25.4 Å². The van der Waals surface area contributed by atoms with Gasteiger partial charge >= 0.3 is 0 Å². The van der Waals surface area contributed by atoms with E-state index in [0.717, 1.165) is 63.2 Å². The molecule has 0 unspecified atom stereocenters. The fourth-order valence-corrected chi connectivity index (χ4v) is 4.28. The molecule has 0 aliphatic carbocycles. The highest BCUT2D eigenvalue weighted by Gasteiger charge is 2.43. The van der Waals surface area contributed by atoms with E-state index in [-0.39, 0.29) is 11.7 Å². The SMILES string of the molecule is COc1ccc(CN2CCC3(CC2)OCCC[C@H]3O)cc1Cn1cncn1. The highest BCUT2D eigenvalue weighted by atomic mass is 16.5. The monoisotopic (exact) mass is 372 g/mol. The smallest absolute Gasteiger partial charge is 0.137 e. The van der Waals surface area contributed by atoms with E-state index in [1.807, 2.05) is 6.07 Å². The molecule has 1 atom stereocenters. The lowest BCUT2D eigenvalue weighted by molar-refractivity contribution is -0.177. The number of piperidine rings is 1. The molecule has 0 saturated carbocycles. The third-order valence-corrected chi connectivity index (χ3v) is 5.87. The molecule has 1 aromatic carbocycles.